The van der Waals surface area contributed by atoms with Crippen molar-refractivity contribution in [2.75, 3.05) is 26.9 Å². The first-order valence-electron chi connectivity index (χ1n) is 8.73. The van der Waals surface area contributed by atoms with Gasteiger partial charge < -0.3 is 18.9 Å². The second-order valence-corrected chi connectivity index (χ2v) is 6.02. The Morgan fingerprint density at radius 3 is 2.25 bits per heavy atom. The number of benzene rings is 2. The minimum Gasteiger partial charge on any atom is -0.493 e. The third kappa shape index (κ3) is 5.35. The van der Waals surface area contributed by atoms with Gasteiger partial charge in [-0.25, -0.2) is 4.79 Å². The van der Waals surface area contributed by atoms with E-state index in [0.29, 0.717) is 12.4 Å². The summed E-state index contributed by atoms with van der Waals surface area (Å²) in [7, 11) is 1.37. The van der Waals surface area contributed by atoms with Crippen molar-refractivity contribution in [2.24, 2.45) is 0 Å². The topological polar surface area (TPSA) is 97.1 Å². The van der Waals surface area contributed by atoms with Crippen LogP contribution in [0, 0.1) is 24.0 Å². The Hall–Kier alpha value is -3.29. The second kappa shape index (κ2) is 9.59. The van der Waals surface area contributed by atoms with E-state index in [1.807, 2.05) is 32.0 Å². The summed E-state index contributed by atoms with van der Waals surface area (Å²) in [6.07, 6.45) is 0. The first kappa shape index (κ1) is 21.0. The molecular weight excluding hydrogens is 366 g/mol. The fraction of sp³-hybridized carbons (Fsp3) is 0.350. The molecule has 0 fully saturated rings. The average molecular weight is 389 g/mol. The Bertz CT molecular complexity index is 844. The van der Waals surface area contributed by atoms with Crippen LogP contribution in [0.25, 0.3) is 0 Å². The molecule has 0 amide bonds. The normalized spacial score (nSPS) is 10.3. The summed E-state index contributed by atoms with van der Waals surface area (Å²) in [6, 6.07) is 8.17. The Labute approximate surface area is 163 Å². The molecule has 0 atom stereocenters. The lowest BCUT2D eigenvalue weighted by Gasteiger charge is -2.12. The van der Waals surface area contributed by atoms with E-state index in [0.717, 1.165) is 17.2 Å². The van der Waals surface area contributed by atoms with E-state index in [1.54, 1.807) is 6.92 Å². The lowest BCUT2D eigenvalue weighted by molar-refractivity contribution is -0.385. The van der Waals surface area contributed by atoms with Crippen molar-refractivity contribution in [1.82, 2.24) is 0 Å². The van der Waals surface area contributed by atoms with Crippen LogP contribution in [0.3, 0.4) is 0 Å². The number of carbonyl (C=O) groups excluding carboxylic acids is 1. The van der Waals surface area contributed by atoms with Gasteiger partial charge in [0.1, 0.15) is 24.5 Å². The molecule has 0 aliphatic heterocycles. The van der Waals surface area contributed by atoms with Crippen molar-refractivity contribution in [3.05, 3.63) is 57.1 Å². The zero-order valence-electron chi connectivity index (χ0n) is 16.3. The molecule has 2 aromatic rings. The Balaban J connectivity index is 2.07. The van der Waals surface area contributed by atoms with Gasteiger partial charge in [-0.1, -0.05) is 6.07 Å². The van der Waals surface area contributed by atoms with Crippen LogP contribution >= 0.6 is 0 Å². The molecule has 8 nitrogen and oxygen atoms in total. The summed E-state index contributed by atoms with van der Waals surface area (Å²) in [6.45, 7) is 6.04. The molecule has 8 heteroatoms. The molecule has 0 saturated carbocycles. The standard InChI is InChI=1S/C20H23NO7/c1-5-26-19-11-16(17(21(23)24)12-18(19)25-4)20(22)28-7-6-27-15-9-13(2)8-14(3)10-15/h8-12H,5-7H2,1-4H3. The van der Waals surface area contributed by atoms with Crippen LogP contribution in [-0.2, 0) is 4.74 Å². The van der Waals surface area contributed by atoms with Crippen molar-refractivity contribution >= 4 is 11.7 Å². The summed E-state index contributed by atoms with van der Waals surface area (Å²) >= 11 is 0. The lowest BCUT2D eigenvalue weighted by Crippen LogP contribution is -2.14. The molecule has 0 aliphatic rings. The summed E-state index contributed by atoms with van der Waals surface area (Å²) in [4.78, 5) is 23.0. The van der Waals surface area contributed by atoms with Crippen LogP contribution in [-0.4, -0.2) is 37.8 Å². The molecule has 0 aromatic heterocycles. The zero-order valence-corrected chi connectivity index (χ0v) is 16.3. The maximum atomic E-state index is 12.4. The molecule has 0 radical (unpaired) electrons. The summed E-state index contributed by atoms with van der Waals surface area (Å²) < 4.78 is 21.2. The number of nitrogens with zero attached hydrogens (tertiary/aromatic N) is 1. The van der Waals surface area contributed by atoms with Crippen molar-refractivity contribution in [3.63, 3.8) is 0 Å². The molecule has 2 aromatic carbocycles. The molecular formula is C20H23NO7. The molecule has 2 rings (SSSR count). The van der Waals surface area contributed by atoms with Crippen LogP contribution in [0.15, 0.2) is 30.3 Å². The van der Waals surface area contributed by atoms with Crippen molar-refractivity contribution < 1.29 is 28.7 Å². The number of hydrogen-bond donors (Lipinski definition) is 0. The SMILES string of the molecule is CCOc1cc(C(=O)OCCOc2cc(C)cc(C)c2)c([N+](=O)[O-])cc1OC. The van der Waals surface area contributed by atoms with E-state index in [1.165, 1.54) is 13.2 Å². The van der Waals surface area contributed by atoms with Gasteiger partial charge in [-0.3, -0.25) is 10.1 Å². The van der Waals surface area contributed by atoms with E-state index in [4.69, 9.17) is 18.9 Å². The summed E-state index contributed by atoms with van der Waals surface area (Å²) in [5.41, 5.74) is 1.50. The van der Waals surface area contributed by atoms with Gasteiger partial charge in [0.05, 0.1) is 24.7 Å². The molecule has 0 unspecified atom stereocenters. The van der Waals surface area contributed by atoms with E-state index < -0.39 is 16.6 Å². The zero-order chi connectivity index (χ0) is 20.7. The smallest absolute Gasteiger partial charge is 0.345 e. The third-order valence-corrected chi connectivity index (χ3v) is 3.78. The van der Waals surface area contributed by atoms with Gasteiger partial charge in [-0.2, -0.15) is 0 Å². The van der Waals surface area contributed by atoms with Crippen molar-refractivity contribution in [3.8, 4) is 17.2 Å². The minimum absolute atomic E-state index is 0.0566. The van der Waals surface area contributed by atoms with Gasteiger partial charge in [0.25, 0.3) is 5.69 Å². The van der Waals surface area contributed by atoms with E-state index in [-0.39, 0.29) is 30.3 Å². The van der Waals surface area contributed by atoms with E-state index in [2.05, 4.69) is 0 Å². The van der Waals surface area contributed by atoms with Gasteiger partial charge >= 0.3 is 5.97 Å². The number of ether oxygens (including phenoxy) is 4. The van der Waals surface area contributed by atoms with Gasteiger partial charge in [0, 0.05) is 6.07 Å². The van der Waals surface area contributed by atoms with Crippen molar-refractivity contribution in [2.45, 2.75) is 20.8 Å². The number of nitro benzene ring substituents is 1. The molecule has 28 heavy (non-hydrogen) atoms. The van der Waals surface area contributed by atoms with Crippen LogP contribution in [0.2, 0.25) is 0 Å². The number of methoxy groups -OCH3 is 1. The van der Waals surface area contributed by atoms with Crippen LogP contribution in [0.1, 0.15) is 28.4 Å². The highest BCUT2D eigenvalue weighted by molar-refractivity contribution is 5.95. The largest absolute Gasteiger partial charge is 0.493 e. The third-order valence-electron chi connectivity index (χ3n) is 3.78. The molecule has 0 spiro atoms. The molecule has 0 N–H and O–H groups in total. The Morgan fingerprint density at radius 1 is 1.00 bits per heavy atom. The highest BCUT2D eigenvalue weighted by atomic mass is 16.6. The molecule has 0 aliphatic carbocycles. The first-order valence-corrected chi connectivity index (χ1v) is 8.73. The fourth-order valence-electron chi connectivity index (χ4n) is 2.68. The summed E-state index contributed by atoms with van der Waals surface area (Å²) in [5.74, 6) is 0.235. The quantitative estimate of drug-likeness (QED) is 0.278. The molecule has 0 saturated heterocycles. The highest BCUT2D eigenvalue weighted by Gasteiger charge is 2.25. The Morgan fingerprint density at radius 2 is 1.68 bits per heavy atom. The van der Waals surface area contributed by atoms with E-state index >= 15 is 0 Å². The number of aryl methyl sites for hydroxylation is 2. The predicted octanol–water partition coefficient (Wildman–Crippen LogP) is 3.85. The van der Waals surface area contributed by atoms with Gasteiger partial charge in [0.15, 0.2) is 11.5 Å². The predicted molar refractivity (Wildman–Crippen MR) is 103 cm³/mol. The van der Waals surface area contributed by atoms with Crippen molar-refractivity contribution in [1.29, 1.82) is 0 Å². The average Bonchev–Trinajstić information content (AvgIpc) is 2.64. The number of hydrogen-bond acceptors (Lipinski definition) is 7. The van der Waals surface area contributed by atoms with Gasteiger partial charge in [-0.05, 0) is 44.0 Å². The maximum Gasteiger partial charge on any atom is 0.345 e. The fourth-order valence-corrected chi connectivity index (χ4v) is 2.68. The van der Waals surface area contributed by atoms with Crippen LogP contribution in [0.5, 0.6) is 17.2 Å². The van der Waals surface area contributed by atoms with Crippen LogP contribution < -0.4 is 14.2 Å². The minimum atomic E-state index is -0.834. The molecule has 150 valence electrons. The second-order valence-electron chi connectivity index (χ2n) is 6.02. The number of nitro groups is 1. The maximum absolute atomic E-state index is 12.4. The lowest BCUT2D eigenvalue weighted by atomic mass is 10.1. The monoisotopic (exact) mass is 389 g/mol. The number of carbonyl (C=O) groups is 1. The van der Waals surface area contributed by atoms with Gasteiger partial charge in [-0.15, -0.1) is 0 Å². The molecule has 0 bridgehead atoms. The van der Waals surface area contributed by atoms with Gasteiger partial charge in [0.2, 0.25) is 0 Å². The van der Waals surface area contributed by atoms with Crippen LogP contribution in [0.4, 0.5) is 5.69 Å². The first-order chi connectivity index (χ1) is 13.3. The summed E-state index contributed by atoms with van der Waals surface area (Å²) in [5, 5.41) is 11.3. The Kier molecular flexibility index (Phi) is 7.20. The highest BCUT2D eigenvalue weighted by Crippen LogP contribution is 2.35. The molecule has 0 heterocycles. The number of esters is 1. The number of rotatable bonds is 9. The van der Waals surface area contributed by atoms with E-state index in [9.17, 15) is 14.9 Å².